The predicted octanol–water partition coefficient (Wildman–Crippen LogP) is 3.54. The van der Waals surface area contributed by atoms with Gasteiger partial charge in [-0.3, -0.25) is 4.90 Å². The number of phenols is 1. The summed E-state index contributed by atoms with van der Waals surface area (Å²) in [6.07, 6.45) is 4.94. The molecule has 1 aliphatic rings. The maximum absolute atomic E-state index is 13.3. The highest BCUT2D eigenvalue weighted by molar-refractivity contribution is 5.33. The average Bonchev–Trinajstić information content (AvgIpc) is 2.36. The summed E-state index contributed by atoms with van der Waals surface area (Å²) in [5, 5.41) is 9.69. The molecule has 0 aliphatic heterocycles. The van der Waals surface area contributed by atoms with Crippen molar-refractivity contribution in [1.82, 2.24) is 4.90 Å². The van der Waals surface area contributed by atoms with Gasteiger partial charge in [-0.25, -0.2) is 4.39 Å². The quantitative estimate of drug-likeness (QED) is 0.888. The van der Waals surface area contributed by atoms with Crippen LogP contribution in [0, 0.1) is 11.7 Å². The van der Waals surface area contributed by atoms with E-state index in [1.165, 1.54) is 31.7 Å². The normalized spacial score (nSPS) is 24.4. The Hall–Kier alpha value is -1.09. The fraction of sp³-hybridized carbons (Fsp3) is 0.600. The summed E-state index contributed by atoms with van der Waals surface area (Å²) in [5.41, 5.74) is 0.677. The van der Waals surface area contributed by atoms with Gasteiger partial charge in [0, 0.05) is 18.2 Å². The van der Waals surface area contributed by atoms with Crippen molar-refractivity contribution in [2.45, 2.75) is 45.2 Å². The first-order valence-electron chi connectivity index (χ1n) is 6.74. The van der Waals surface area contributed by atoms with Crippen LogP contribution in [0.4, 0.5) is 4.39 Å². The Bertz CT molecular complexity index is 399. The van der Waals surface area contributed by atoms with Gasteiger partial charge in [-0.1, -0.05) is 19.1 Å². The number of hydrogen-bond acceptors (Lipinski definition) is 2. The van der Waals surface area contributed by atoms with Crippen molar-refractivity contribution in [3.63, 3.8) is 0 Å². The molecule has 0 aromatic heterocycles. The lowest BCUT2D eigenvalue weighted by Crippen LogP contribution is -2.34. The molecule has 3 heteroatoms. The van der Waals surface area contributed by atoms with Crippen LogP contribution in [0.2, 0.25) is 0 Å². The molecule has 1 fully saturated rings. The first-order valence-corrected chi connectivity index (χ1v) is 6.74. The van der Waals surface area contributed by atoms with Crippen LogP contribution in [-0.4, -0.2) is 23.1 Å². The molecule has 1 saturated carbocycles. The Labute approximate surface area is 108 Å². The van der Waals surface area contributed by atoms with Crippen LogP contribution < -0.4 is 0 Å². The molecule has 0 radical (unpaired) electrons. The Morgan fingerprint density at radius 1 is 1.28 bits per heavy atom. The van der Waals surface area contributed by atoms with E-state index in [9.17, 15) is 9.50 Å². The lowest BCUT2D eigenvalue weighted by molar-refractivity contribution is 0.162. The highest BCUT2D eigenvalue weighted by Gasteiger charge is 2.22. The molecular formula is C15H22FNO. The van der Waals surface area contributed by atoms with E-state index in [1.807, 2.05) is 0 Å². The molecule has 0 unspecified atom stereocenters. The second-order valence-corrected chi connectivity index (χ2v) is 5.58. The smallest absolute Gasteiger partial charge is 0.165 e. The first kappa shape index (κ1) is 13.3. The molecule has 1 aliphatic carbocycles. The molecule has 2 rings (SSSR count). The Kier molecular flexibility index (Phi) is 4.23. The standard InChI is InChI=1S/C15H22FNO/c1-11-6-8-13(9-7-11)17(2)10-12-4-3-5-14(16)15(12)18/h3-5,11,13,18H,6-10H2,1-2H3. The highest BCUT2D eigenvalue weighted by Crippen LogP contribution is 2.29. The van der Waals surface area contributed by atoms with Gasteiger partial charge in [-0.2, -0.15) is 0 Å². The molecule has 100 valence electrons. The molecule has 2 nitrogen and oxygen atoms in total. The number of phenolic OH excluding ortho intramolecular Hbond substituents is 1. The lowest BCUT2D eigenvalue weighted by atomic mass is 9.86. The van der Waals surface area contributed by atoms with Gasteiger partial charge in [0.05, 0.1) is 0 Å². The van der Waals surface area contributed by atoms with Gasteiger partial charge in [0.25, 0.3) is 0 Å². The van der Waals surface area contributed by atoms with Crippen LogP contribution in [0.3, 0.4) is 0 Å². The van der Waals surface area contributed by atoms with Gasteiger partial charge in [-0.05, 0) is 44.7 Å². The number of benzene rings is 1. The number of para-hydroxylation sites is 1. The second-order valence-electron chi connectivity index (χ2n) is 5.58. The minimum absolute atomic E-state index is 0.200. The van der Waals surface area contributed by atoms with E-state index >= 15 is 0 Å². The summed E-state index contributed by atoms with van der Waals surface area (Å²) in [5.74, 6) is 0.101. The first-order chi connectivity index (χ1) is 8.58. The zero-order valence-corrected chi connectivity index (χ0v) is 11.2. The molecule has 1 aromatic carbocycles. The van der Waals surface area contributed by atoms with Crippen molar-refractivity contribution in [1.29, 1.82) is 0 Å². The molecule has 1 N–H and O–H groups in total. The van der Waals surface area contributed by atoms with Gasteiger partial charge in [0.2, 0.25) is 0 Å². The Morgan fingerprint density at radius 3 is 2.61 bits per heavy atom. The minimum atomic E-state index is -0.529. The fourth-order valence-electron chi connectivity index (χ4n) is 2.77. The van der Waals surface area contributed by atoms with E-state index < -0.39 is 5.82 Å². The third kappa shape index (κ3) is 3.02. The minimum Gasteiger partial charge on any atom is -0.505 e. The van der Waals surface area contributed by atoms with Crippen molar-refractivity contribution in [3.05, 3.63) is 29.6 Å². The summed E-state index contributed by atoms with van der Waals surface area (Å²) >= 11 is 0. The highest BCUT2D eigenvalue weighted by atomic mass is 19.1. The van der Waals surface area contributed by atoms with Crippen LogP contribution >= 0.6 is 0 Å². The fourth-order valence-corrected chi connectivity index (χ4v) is 2.77. The Balaban J connectivity index is 1.98. The van der Waals surface area contributed by atoms with Crippen LogP contribution in [0.1, 0.15) is 38.2 Å². The van der Waals surface area contributed by atoms with Crippen molar-refractivity contribution in [2.75, 3.05) is 7.05 Å². The third-order valence-corrected chi connectivity index (χ3v) is 4.10. The summed E-state index contributed by atoms with van der Waals surface area (Å²) in [6, 6.07) is 5.30. The van der Waals surface area contributed by atoms with Crippen molar-refractivity contribution in [2.24, 2.45) is 5.92 Å². The van der Waals surface area contributed by atoms with Crippen molar-refractivity contribution < 1.29 is 9.50 Å². The topological polar surface area (TPSA) is 23.5 Å². The van der Waals surface area contributed by atoms with Gasteiger partial charge < -0.3 is 5.11 Å². The summed E-state index contributed by atoms with van der Waals surface area (Å²) in [7, 11) is 2.06. The number of aromatic hydroxyl groups is 1. The molecule has 0 atom stereocenters. The number of hydrogen-bond donors (Lipinski definition) is 1. The molecule has 0 spiro atoms. The number of nitrogens with zero attached hydrogens (tertiary/aromatic N) is 1. The molecule has 1 aromatic rings. The van der Waals surface area contributed by atoms with Crippen LogP contribution in [0.5, 0.6) is 5.75 Å². The molecular weight excluding hydrogens is 229 g/mol. The molecule has 0 saturated heterocycles. The lowest BCUT2D eigenvalue weighted by Gasteiger charge is -2.33. The van der Waals surface area contributed by atoms with Crippen LogP contribution in [-0.2, 0) is 6.54 Å². The zero-order chi connectivity index (χ0) is 13.1. The molecule has 0 amide bonds. The third-order valence-electron chi connectivity index (χ3n) is 4.10. The summed E-state index contributed by atoms with van der Waals surface area (Å²) in [6.45, 7) is 2.91. The maximum Gasteiger partial charge on any atom is 0.165 e. The second kappa shape index (κ2) is 5.70. The van der Waals surface area contributed by atoms with E-state index in [0.29, 0.717) is 18.2 Å². The molecule has 18 heavy (non-hydrogen) atoms. The van der Waals surface area contributed by atoms with Crippen molar-refractivity contribution in [3.8, 4) is 5.75 Å². The van der Waals surface area contributed by atoms with E-state index in [0.717, 1.165) is 5.92 Å². The predicted molar refractivity (Wildman–Crippen MR) is 71.0 cm³/mol. The summed E-state index contributed by atoms with van der Waals surface area (Å²) < 4.78 is 13.3. The summed E-state index contributed by atoms with van der Waals surface area (Å²) in [4.78, 5) is 2.24. The Morgan fingerprint density at radius 2 is 1.94 bits per heavy atom. The SMILES string of the molecule is CC1CCC(N(C)Cc2cccc(F)c2O)CC1. The van der Waals surface area contributed by atoms with Crippen molar-refractivity contribution >= 4 is 0 Å². The monoisotopic (exact) mass is 251 g/mol. The van der Waals surface area contributed by atoms with Gasteiger partial charge in [-0.15, -0.1) is 0 Å². The maximum atomic E-state index is 13.3. The van der Waals surface area contributed by atoms with E-state index in [2.05, 4.69) is 18.9 Å². The van der Waals surface area contributed by atoms with E-state index in [-0.39, 0.29) is 5.75 Å². The number of halogens is 1. The van der Waals surface area contributed by atoms with Gasteiger partial charge in [0.1, 0.15) is 0 Å². The van der Waals surface area contributed by atoms with E-state index in [4.69, 9.17) is 0 Å². The van der Waals surface area contributed by atoms with E-state index in [1.54, 1.807) is 12.1 Å². The average molecular weight is 251 g/mol. The zero-order valence-electron chi connectivity index (χ0n) is 11.2. The number of rotatable bonds is 3. The largest absolute Gasteiger partial charge is 0.505 e. The molecule has 0 bridgehead atoms. The van der Waals surface area contributed by atoms with Crippen LogP contribution in [0.15, 0.2) is 18.2 Å². The van der Waals surface area contributed by atoms with Gasteiger partial charge >= 0.3 is 0 Å². The van der Waals surface area contributed by atoms with Gasteiger partial charge in [0.15, 0.2) is 11.6 Å². The molecule has 0 heterocycles. The van der Waals surface area contributed by atoms with Crippen LogP contribution in [0.25, 0.3) is 0 Å².